The van der Waals surface area contributed by atoms with Crippen LogP contribution >= 0.6 is 0 Å². The topological polar surface area (TPSA) is 18.5 Å². The van der Waals surface area contributed by atoms with Crippen molar-refractivity contribution in [1.82, 2.24) is 0 Å². The van der Waals surface area contributed by atoms with Gasteiger partial charge in [-0.2, -0.15) is 0 Å². The summed E-state index contributed by atoms with van der Waals surface area (Å²) in [5, 5.41) is 0. The minimum atomic E-state index is -2.45. The Morgan fingerprint density at radius 1 is 0.906 bits per heavy atom. The van der Waals surface area contributed by atoms with Gasteiger partial charge in [-0.3, -0.25) is 0 Å². The van der Waals surface area contributed by atoms with Gasteiger partial charge >= 0.3 is 205 Å². The third-order valence-electron chi connectivity index (χ3n) is 6.95. The Morgan fingerprint density at radius 3 is 1.97 bits per heavy atom. The zero-order chi connectivity index (χ0) is 23.7. The molecule has 0 unspecified atom stereocenters. The molecule has 3 heteroatoms. The first-order chi connectivity index (χ1) is 15.4. The average molecular weight is 551 g/mol. The van der Waals surface area contributed by atoms with Gasteiger partial charge in [0.25, 0.3) is 0 Å². The third kappa shape index (κ3) is 11.7. The van der Waals surface area contributed by atoms with Crippen LogP contribution in [0.3, 0.4) is 0 Å². The molecule has 0 radical (unpaired) electrons. The van der Waals surface area contributed by atoms with E-state index in [1.165, 1.54) is 63.8 Å². The number of unbranched alkanes of at least 4 members (excludes halogenated alkanes) is 3. The van der Waals surface area contributed by atoms with Crippen LogP contribution in [0.2, 0.25) is 13.3 Å². The van der Waals surface area contributed by atoms with E-state index in [0.717, 1.165) is 19.4 Å². The fraction of sp³-hybridized carbons (Fsp3) is 0.724. The second kappa shape index (κ2) is 17.2. The molecule has 1 rings (SSSR count). The average Bonchev–Trinajstić information content (AvgIpc) is 2.81. The number of rotatable bonds is 19. The zero-order valence-electron chi connectivity index (χ0n) is 22.1. The van der Waals surface area contributed by atoms with Crippen molar-refractivity contribution in [2.75, 3.05) is 13.7 Å². The molecule has 0 fully saturated rings. The molecule has 2 nitrogen and oxygen atoms in total. The Balaban J connectivity index is 3.00. The number of methoxy groups -OCH3 is 1. The molecule has 0 saturated heterocycles. The van der Waals surface area contributed by atoms with Crippen LogP contribution in [0.15, 0.2) is 42.5 Å². The van der Waals surface area contributed by atoms with E-state index in [9.17, 15) is 0 Å². The van der Waals surface area contributed by atoms with Gasteiger partial charge in [0, 0.05) is 0 Å². The fourth-order valence-electron chi connectivity index (χ4n) is 4.67. The molecule has 0 aliphatic carbocycles. The van der Waals surface area contributed by atoms with Gasteiger partial charge in [0.2, 0.25) is 0 Å². The molecular weight excluding hydrogens is 499 g/mol. The van der Waals surface area contributed by atoms with E-state index in [1.54, 1.807) is 7.11 Å². The van der Waals surface area contributed by atoms with Crippen molar-refractivity contribution in [1.29, 1.82) is 0 Å². The number of benzene rings is 1. The van der Waals surface area contributed by atoms with Crippen LogP contribution in [-0.4, -0.2) is 41.8 Å². The van der Waals surface area contributed by atoms with E-state index in [0.29, 0.717) is 4.12 Å². The van der Waals surface area contributed by atoms with E-state index in [2.05, 4.69) is 77.1 Å². The normalized spacial score (nSPS) is 13.7. The van der Waals surface area contributed by atoms with Gasteiger partial charge in [0.15, 0.2) is 0 Å². The second-order valence-electron chi connectivity index (χ2n) is 10.1. The van der Waals surface area contributed by atoms with Gasteiger partial charge in [0.05, 0.1) is 0 Å². The molecule has 0 bridgehead atoms. The van der Waals surface area contributed by atoms with Gasteiger partial charge in [-0.25, -0.2) is 0 Å². The first-order valence-corrected chi connectivity index (χ1v) is 21.0. The van der Waals surface area contributed by atoms with Gasteiger partial charge in [0.1, 0.15) is 0 Å². The van der Waals surface area contributed by atoms with Gasteiger partial charge in [-0.15, -0.1) is 0 Å². The van der Waals surface area contributed by atoms with Gasteiger partial charge < -0.3 is 0 Å². The second-order valence-corrected chi connectivity index (χ2v) is 24.0. The summed E-state index contributed by atoms with van der Waals surface area (Å²) < 4.78 is 17.5. The number of hydrogen-bond donors (Lipinski definition) is 0. The summed E-state index contributed by atoms with van der Waals surface area (Å²) in [5.74, 6) is 0. The SMILES string of the molecule is CCC[CH2][Sn]([CH2]CCC)([CH2]CCC)[C@H](CCc1ccccc1)OCC/C=C/C(C)(C)OC. The van der Waals surface area contributed by atoms with Gasteiger partial charge in [-0.1, -0.05) is 0 Å². The molecule has 0 aliphatic rings. The van der Waals surface area contributed by atoms with Crippen LogP contribution in [0.5, 0.6) is 0 Å². The first kappa shape index (κ1) is 29.7. The predicted octanol–water partition coefficient (Wildman–Crippen LogP) is 8.76. The molecular formula is C29H52O2Sn. The monoisotopic (exact) mass is 552 g/mol. The maximum absolute atomic E-state index is 6.87. The molecule has 1 aromatic rings. The summed E-state index contributed by atoms with van der Waals surface area (Å²) in [7, 11) is 1.78. The molecule has 1 atom stereocenters. The Labute approximate surface area is 204 Å². The molecule has 0 aliphatic heterocycles. The summed E-state index contributed by atoms with van der Waals surface area (Å²) >= 11 is -2.45. The third-order valence-corrected chi connectivity index (χ3v) is 23.7. The van der Waals surface area contributed by atoms with Crippen LogP contribution in [0, 0.1) is 0 Å². The molecule has 32 heavy (non-hydrogen) atoms. The zero-order valence-corrected chi connectivity index (χ0v) is 25.0. The molecule has 0 N–H and O–H groups in total. The van der Waals surface area contributed by atoms with E-state index in [-0.39, 0.29) is 5.60 Å². The summed E-state index contributed by atoms with van der Waals surface area (Å²) in [4.78, 5) is 0. The minimum absolute atomic E-state index is 0.195. The van der Waals surface area contributed by atoms with Crippen molar-refractivity contribution in [3.8, 4) is 0 Å². The van der Waals surface area contributed by atoms with Crippen LogP contribution in [-0.2, 0) is 15.9 Å². The Bertz CT molecular complexity index is 575. The summed E-state index contributed by atoms with van der Waals surface area (Å²) in [6.45, 7) is 12.1. The molecule has 1 aromatic carbocycles. The van der Waals surface area contributed by atoms with Crippen molar-refractivity contribution in [3.05, 3.63) is 48.0 Å². The molecule has 0 aromatic heterocycles. The summed E-state index contributed by atoms with van der Waals surface area (Å²) in [6, 6.07) is 11.0. The number of hydrogen-bond acceptors (Lipinski definition) is 2. The van der Waals surface area contributed by atoms with E-state index in [1.807, 2.05) is 0 Å². The molecule has 0 spiro atoms. The molecule has 0 amide bonds. The fourth-order valence-corrected chi connectivity index (χ4v) is 22.1. The van der Waals surface area contributed by atoms with E-state index < -0.39 is 18.4 Å². The quantitative estimate of drug-likeness (QED) is 0.0973. The number of ether oxygens (including phenoxy) is 2. The summed E-state index contributed by atoms with van der Waals surface area (Å²) in [6.07, 6.45) is 15.9. The first-order valence-electron chi connectivity index (χ1n) is 13.3. The van der Waals surface area contributed by atoms with Crippen molar-refractivity contribution in [2.45, 2.75) is 115 Å². The maximum atomic E-state index is 6.87. The Hall–Kier alpha value is -0.321. The van der Waals surface area contributed by atoms with Gasteiger partial charge in [-0.05, 0) is 0 Å². The van der Waals surface area contributed by atoms with Crippen LogP contribution in [0.1, 0.15) is 91.5 Å². The van der Waals surface area contributed by atoms with Crippen molar-refractivity contribution < 1.29 is 9.47 Å². The van der Waals surface area contributed by atoms with Crippen molar-refractivity contribution in [2.24, 2.45) is 0 Å². The molecule has 0 heterocycles. The van der Waals surface area contributed by atoms with E-state index >= 15 is 0 Å². The number of aryl methyl sites for hydroxylation is 1. The van der Waals surface area contributed by atoms with Crippen LogP contribution in [0.25, 0.3) is 0 Å². The standard InChI is InChI=1S/C17H25O2.3C4H9.Sn/c1-17(2,18-3)13-7-8-14-19-15-9-12-16-10-5-4-6-11-16;3*1-3-4-2;/h4-7,10-11,13,15H,8-9,12,14H2,1-3H3;3*1,3-4H2,2H3;/b13-7+;;;;. The van der Waals surface area contributed by atoms with Crippen molar-refractivity contribution >= 4 is 18.4 Å². The molecule has 184 valence electrons. The Kier molecular flexibility index (Phi) is 15.9. The van der Waals surface area contributed by atoms with Crippen molar-refractivity contribution in [3.63, 3.8) is 0 Å². The Morgan fingerprint density at radius 2 is 1.47 bits per heavy atom. The summed E-state index contributed by atoms with van der Waals surface area (Å²) in [5.41, 5.74) is 1.27. The predicted molar refractivity (Wildman–Crippen MR) is 144 cm³/mol. The molecule has 0 saturated carbocycles. The van der Waals surface area contributed by atoms with Crippen LogP contribution < -0.4 is 0 Å². The van der Waals surface area contributed by atoms with Crippen LogP contribution in [0.4, 0.5) is 0 Å². The van der Waals surface area contributed by atoms with E-state index in [4.69, 9.17) is 9.47 Å².